The summed E-state index contributed by atoms with van der Waals surface area (Å²) < 4.78 is 1.43. The third-order valence-electron chi connectivity index (χ3n) is 3.62. The minimum atomic E-state index is -0.573. The summed E-state index contributed by atoms with van der Waals surface area (Å²) in [5.74, 6) is -1.43. The molecule has 1 fully saturated rings. The molecule has 1 aromatic rings. The van der Waals surface area contributed by atoms with Crippen LogP contribution in [0.15, 0.2) is 12.4 Å². The van der Waals surface area contributed by atoms with E-state index in [4.69, 9.17) is 17.3 Å². The zero-order valence-electron chi connectivity index (χ0n) is 12.2. The summed E-state index contributed by atoms with van der Waals surface area (Å²) in [6.07, 6.45) is 2.99. The minimum Gasteiger partial charge on any atom is -0.369 e. The molecule has 1 saturated heterocycles. The number of primary amides is 1. The smallest absolute Gasteiger partial charge is 0.244 e. The van der Waals surface area contributed by atoms with Gasteiger partial charge in [0.25, 0.3) is 0 Å². The lowest BCUT2D eigenvalue weighted by Gasteiger charge is -2.22. The summed E-state index contributed by atoms with van der Waals surface area (Å²) in [6.45, 7) is 2.64. The molecule has 0 bridgehead atoms. The summed E-state index contributed by atoms with van der Waals surface area (Å²) in [4.78, 5) is 38.5. The van der Waals surface area contributed by atoms with Crippen LogP contribution in [0.5, 0.6) is 0 Å². The van der Waals surface area contributed by atoms with E-state index in [9.17, 15) is 14.4 Å². The molecule has 1 aromatic heterocycles. The maximum atomic E-state index is 12.3. The molecule has 0 aromatic carbocycles. The van der Waals surface area contributed by atoms with Crippen LogP contribution >= 0.6 is 11.6 Å². The Morgan fingerprint density at radius 3 is 2.50 bits per heavy atom. The maximum Gasteiger partial charge on any atom is 0.244 e. The molecule has 9 heteroatoms. The number of carbonyl (C=O) groups excluding carboxylic acids is 3. The third kappa shape index (κ3) is 3.97. The number of halogens is 1. The first-order chi connectivity index (χ1) is 10.4. The van der Waals surface area contributed by atoms with Crippen LogP contribution in [-0.2, 0) is 20.9 Å². The number of nitrogens with zero attached hydrogens (tertiary/aromatic N) is 4. The Labute approximate surface area is 132 Å². The van der Waals surface area contributed by atoms with Crippen LogP contribution in [-0.4, -0.2) is 63.5 Å². The van der Waals surface area contributed by atoms with Gasteiger partial charge in [-0.3, -0.25) is 19.1 Å². The first-order valence-electron chi connectivity index (χ1n) is 6.87. The first kappa shape index (κ1) is 16.3. The largest absolute Gasteiger partial charge is 0.369 e. The van der Waals surface area contributed by atoms with Crippen LogP contribution < -0.4 is 5.73 Å². The second-order valence-corrected chi connectivity index (χ2v) is 5.70. The third-order valence-corrected chi connectivity index (χ3v) is 3.82. The number of amides is 3. The van der Waals surface area contributed by atoms with Gasteiger partial charge in [-0.2, -0.15) is 5.10 Å². The van der Waals surface area contributed by atoms with Crippen molar-refractivity contribution in [2.75, 3.05) is 26.2 Å². The van der Waals surface area contributed by atoms with Crippen LogP contribution in [0.1, 0.15) is 6.92 Å². The van der Waals surface area contributed by atoms with Crippen LogP contribution in [0.4, 0.5) is 0 Å². The van der Waals surface area contributed by atoms with Gasteiger partial charge in [-0.15, -0.1) is 0 Å². The highest BCUT2D eigenvalue weighted by atomic mass is 35.5. The van der Waals surface area contributed by atoms with Crippen molar-refractivity contribution >= 4 is 29.3 Å². The Kier molecular flexibility index (Phi) is 5.02. The standard InChI is InChI=1S/C13H18ClN5O3/c1-9(20)17-2-3-18(6-10(5-17)13(15)22)12(21)8-19-7-11(14)4-16-19/h4,7,10H,2-3,5-6,8H2,1H3,(H2,15,22)/t10-/m0/s1. The summed E-state index contributed by atoms with van der Waals surface area (Å²) in [6, 6.07) is 0. The van der Waals surface area contributed by atoms with E-state index >= 15 is 0 Å². The number of nitrogens with two attached hydrogens (primary N) is 1. The van der Waals surface area contributed by atoms with Crippen LogP contribution in [0.25, 0.3) is 0 Å². The molecule has 0 unspecified atom stereocenters. The van der Waals surface area contributed by atoms with Crippen molar-refractivity contribution < 1.29 is 14.4 Å². The number of hydrogen-bond acceptors (Lipinski definition) is 4. The van der Waals surface area contributed by atoms with Gasteiger partial charge in [0.15, 0.2) is 0 Å². The molecule has 1 aliphatic rings. The lowest BCUT2D eigenvalue weighted by Crippen LogP contribution is -2.41. The molecule has 1 atom stereocenters. The molecule has 0 spiro atoms. The molecule has 2 rings (SSSR count). The molecule has 2 heterocycles. The van der Waals surface area contributed by atoms with Gasteiger partial charge in [0.05, 0.1) is 17.1 Å². The fourth-order valence-electron chi connectivity index (χ4n) is 2.37. The SMILES string of the molecule is CC(=O)N1CCN(C(=O)Cn2cc(Cl)cn2)C[C@@H](C(N)=O)C1. The highest BCUT2D eigenvalue weighted by Gasteiger charge is 2.29. The average Bonchev–Trinajstić information content (AvgIpc) is 2.73. The average molecular weight is 328 g/mol. The molecule has 120 valence electrons. The van der Waals surface area contributed by atoms with Gasteiger partial charge in [0.2, 0.25) is 17.7 Å². The Morgan fingerprint density at radius 2 is 1.95 bits per heavy atom. The number of aromatic nitrogens is 2. The first-order valence-corrected chi connectivity index (χ1v) is 7.25. The molecule has 22 heavy (non-hydrogen) atoms. The minimum absolute atomic E-state index is 0.0261. The Hall–Kier alpha value is -2.09. The summed E-state index contributed by atoms with van der Waals surface area (Å²) >= 11 is 5.76. The highest BCUT2D eigenvalue weighted by Crippen LogP contribution is 2.11. The van der Waals surface area contributed by atoms with E-state index in [0.29, 0.717) is 18.1 Å². The van der Waals surface area contributed by atoms with Crippen molar-refractivity contribution in [1.82, 2.24) is 19.6 Å². The molecule has 0 saturated carbocycles. The Bertz CT molecular complexity index is 588. The zero-order chi connectivity index (χ0) is 16.3. The Morgan fingerprint density at radius 1 is 1.32 bits per heavy atom. The quantitative estimate of drug-likeness (QED) is 0.795. The topological polar surface area (TPSA) is 102 Å². The predicted molar refractivity (Wildman–Crippen MR) is 78.8 cm³/mol. The number of carbonyl (C=O) groups is 3. The normalized spacial score (nSPS) is 18.9. The molecule has 2 N–H and O–H groups in total. The van der Waals surface area contributed by atoms with Gasteiger partial charge in [-0.1, -0.05) is 11.6 Å². The van der Waals surface area contributed by atoms with E-state index in [1.807, 2.05) is 0 Å². The predicted octanol–water partition coefficient (Wildman–Crippen LogP) is -0.671. The fourth-order valence-corrected chi connectivity index (χ4v) is 2.53. The second-order valence-electron chi connectivity index (χ2n) is 5.26. The van der Waals surface area contributed by atoms with E-state index < -0.39 is 11.8 Å². The summed E-state index contributed by atoms with van der Waals surface area (Å²) in [5, 5.41) is 4.40. The van der Waals surface area contributed by atoms with Gasteiger partial charge >= 0.3 is 0 Å². The van der Waals surface area contributed by atoms with Gasteiger partial charge in [0, 0.05) is 39.3 Å². The molecule has 1 aliphatic heterocycles. The molecule has 0 radical (unpaired) electrons. The molecule has 8 nitrogen and oxygen atoms in total. The van der Waals surface area contributed by atoms with Crippen LogP contribution in [0.3, 0.4) is 0 Å². The van der Waals surface area contributed by atoms with Gasteiger partial charge in [0.1, 0.15) is 6.54 Å². The number of hydrogen-bond donors (Lipinski definition) is 1. The van der Waals surface area contributed by atoms with Crippen LogP contribution in [0.2, 0.25) is 5.02 Å². The molecule has 0 aliphatic carbocycles. The molecular weight excluding hydrogens is 310 g/mol. The lowest BCUT2D eigenvalue weighted by atomic mass is 10.1. The second kappa shape index (κ2) is 6.78. The van der Waals surface area contributed by atoms with Crippen molar-refractivity contribution in [3.63, 3.8) is 0 Å². The Balaban J connectivity index is 2.07. The van der Waals surface area contributed by atoms with Crippen molar-refractivity contribution in [1.29, 1.82) is 0 Å². The number of rotatable bonds is 3. The highest BCUT2D eigenvalue weighted by molar-refractivity contribution is 6.30. The lowest BCUT2D eigenvalue weighted by molar-refractivity contribution is -0.133. The van der Waals surface area contributed by atoms with E-state index in [-0.39, 0.29) is 31.4 Å². The summed E-state index contributed by atoms with van der Waals surface area (Å²) in [7, 11) is 0. The van der Waals surface area contributed by atoms with Crippen molar-refractivity contribution in [3.05, 3.63) is 17.4 Å². The van der Waals surface area contributed by atoms with E-state index in [1.54, 1.807) is 6.20 Å². The van der Waals surface area contributed by atoms with Gasteiger partial charge in [-0.25, -0.2) is 0 Å². The van der Waals surface area contributed by atoms with E-state index in [0.717, 1.165) is 0 Å². The molecule has 3 amide bonds. The maximum absolute atomic E-state index is 12.3. The van der Waals surface area contributed by atoms with E-state index in [1.165, 1.54) is 27.6 Å². The van der Waals surface area contributed by atoms with Crippen LogP contribution in [0, 0.1) is 5.92 Å². The summed E-state index contributed by atoms with van der Waals surface area (Å²) in [5.41, 5.74) is 5.37. The zero-order valence-corrected chi connectivity index (χ0v) is 13.0. The van der Waals surface area contributed by atoms with Gasteiger partial charge < -0.3 is 15.5 Å². The van der Waals surface area contributed by atoms with Crippen molar-refractivity contribution in [2.45, 2.75) is 13.5 Å². The van der Waals surface area contributed by atoms with Crippen molar-refractivity contribution in [2.24, 2.45) is 11.7 Å². The van der Waals surface area contributed by atoms with Crippen molar-refractivity contribution in [3.8, 4) is 0 Å². The fraction of sp³-hybridized carbons (Fsp3) is 0.538. The molecular formula is C13H18ClN5O3. The van der Waals surface area contributed by atoms with E-state index in [2.05, 4.69) is 5.10 Å². The monoisotopic (exact) mass is 327 g/mol. The van der Waals surface area contributed by atoms with Gasteiger partial charge in [-0.05, 0) is 0 Å².